The highest BCUT2D eigenvalue weighted by atomic mass is 32.2. The molecule has 0 saturated carbocycles. The molecule has 1 heterocycles. The van der Waals surface area contributed by atoms with Gasteiger partial charge in [-0.25, -0.2) is 4.79 Å². The van der Waals surface area contributed by atoms with Gasteiger partial charge in [0.05, 0.1) is 25.4 Å². The van der Waals surface area contributed by atoms with Crippen LogP contribution in [-0.2, 0) is 35.9 Å². The molecule has 1 saturated heterocycles. The van der Waals surface area contributed by atoms with Crippen molar-refractivity contribution in [3.63, 3.8) is 0 Å². The van der Waals surface area contributed by atoms with E-state index in [0.717, 1.165) is 11.1 Å². The monoisotopic (exact) mass is 424 g/mol. The molecule has 29 heavy (non-hydrogen) atoms. The Morgan fingerprint density at radius 1 is 1.31 bits per heavy atom. The third-order valence-corrected chi connectivity index (χ3v) is 6.92. The maximum Gasteiger partial charge on any atom is 0.338 e. The van der Waals surface area contributed by atoms with E-state index >= 15 is 0 Å². The molecule has 0 amide bonds. The SMILES string of the molecule is CCOC(=O)C1=CC2(CCC1[S+]([O-])Cc1cccc(C)c1)O[C@H](CO)[C@@H](CO)O2. The van der Waals surface area contributed by atoms with Crippen LogP contribution >= 0.6 is 0 Å². The number of ether oxygens (including phenoxy) is 3. The van der Waals surface area contributed by atoms with Crippen LogP contribution in [0.1, 0.15) is 30.9 Å². The van der Waals surface area contributed by atoms with Crippen LogP contribution in [0.4, 0.5) is 0 Å². The molecule has 4 atom stereocenters. The number of carbonyl (C=O) groups excluding carboxylic acids is 1. The predicted molar refractivity (Wildman–Crippen MR) is 107 cm³/mol. The Balaban J connectivity index is 1.85. The minimum absolute atomic E-state index is 0.195. The van der Waals surface area contributed by atoms with Crippen LogP contribution in [0.3, 0.4) is 0 Å². The minimum Gasteiger partial charge on any atom is -0.616 e. The van der Waals surface area contributed by atoms with E-state index in [9.17, 15) is 19.6 Å². The number of aryl methyl sites for hydroxylation is 1. The van der Waals surface area contributed by atoms with Crippen molar-refractivity contribution in [3.05, 3.63) is 47.0 Å². The summed E-state index contributed by atoms with van der Waals surface area (Å²) in [6.45, 7) is 3.27. The first-order valence-electron chi connectivity index (χ1n) is 9.81. The summed E-state index contributed by atoms with van der Waals surface area (Å²) in [5.41, 5.74) is 2.29. The van der Waals surface area contributed by atoms with Crippen molar-refractivity contribution in [3.8, 4) is 0 Å². The van der Waals surface area contributed by atoms with E-state index in [1.54, 1.807) is 6.92 Å². The number of rotatable bonds is 7. The van der Waals surface area contributed by atoms with Gasteiger partial charge in [-0.2, -0.15) is 0 Å². The van der Waals surface area contributed by atoms with E-state index in [0.29, 0.717) is 18.6 Å². The van der Waals surface area contributed by atoms with Crippen LogP contribution in [0.5, 0.6) is 0 Å². The molecule has 2 unspecified atom stereocenters. The van der Waals surface area contributed by atoms with Crippen molar-refractivity contribution in [1.29, 1.82) is 0 Å². The third-order valence-electron chi connectivity index (χ3n) is 5.17. The molecule has 1 aliphatic heterocycles. The van der Waals surface area contributed by atoms with Crippen LogP contribution < -0.4 is 0 Å². The van der Waals surface area contributed by atoms with Crippen LogP contribution in [-0.4, -0.2) is 63.8 Å². The topological polar surface area (TPSA) is 108 Å². The van der Waals surface area contributed by atoms with E-state index < -0.39 is 40.4 Å². The second kappa shape index (κ2) is 9.59. The summed E-state index contributed by atoms with van der Waals surface area (Å²) in [5.74, 6) is -1.45. The van der Waals surface area contributed by atoms with Gasteiger partial charge < -0.3 is 29.0 Å². The van der Waals surface area contributed by atoms with Crippen LogP contribution in [0.25, 0.3) is 0 Å². The lowest BCUT2D eigenvalue weighted by atomic mass is 9.94. The van der Waals surface area contributed by atoms with Gasteiger partial charge >= 0.3 is 5.97 Å². The first-order valence-corrected chi connectivity index (χ1v) is 11.2. The molecule has 3 rings (SSSR count). The molecule has 0 bridgehead atoms. The average molecular weight is 425 g/mol. The highest BCUT2D eigenvalue weighted by Crippen LogP contribution is 2.41. The lowest BCUT2D eigenvalue weighted by molar-refractivity contribution is -0.154. The predicted octanol–water partition coefficient (Wildman–Crippen LogP) is 1.36. The number of benzene rings is 1. The molecule has 0 aromatic heterocycles. The maximum absolute atomic E-state index is 13.1. The van der Waals surface area contributed by atoms with Gasteiger partial charge in [-0.05, 0) is 31.1 Å². The highest BCUT2D eigenvalue weighted by Gasteiger charge is 2.51. The van der Waals surface area contributed by atoms with Gasteiger partial charge in [0.1, 0.15) is 23.2 Å². The number of carbonyl (C=O) groups is 1. The summed E-state index contributed by atoms with van der Waals surface area (Å²) < 4.78 is 30.0. The van der Waals surface area contributed by atoms with Crippen molar-refractivity contribution in [2.24, 2.45) is 0 Å². The molecule has 1 fully saturated rings. The van der Waals surface area contributed by atoms with Gasteiger partial charge in [0.25, 0.3) is 0 Å². The number of aliphatic hydroxyl groups excluding tert-OH is 2. The second-order valence-corrected chi connectivity index (χ2v) is 8.97. The van der Waals surface area contributed by atoms with Crippen LogP contribution in [0.2, 0.25) is 0 Å². The summed E-state index contributed by atoms with van der Waals surface area (Å²) >= 11 is -1.34. The molecule has 160 valence electrons. The Labute approximate surface area is 173 Å². The normalized spacial score (nSPS) is 26.9. The van der Waals surface area contributed by atoms with Gasteiger partial charge in [0.15, 0.2) is 5.79 Å². The van der Waals surface area contributed by atoms with E-state index in [1.807, 2.05) is 31.2 Å². The largest absolute Gasteiger partial charge is 0.616 e. The summed E-state index contributed by atoms with van der Waals surface area (Å²) in [4.78, 5) is 12.6. The van der Waals surface area contributed by atoms with E-state index in [4.69, 9.17) is 14.2 Å². The van der Waals surface area contributed by atoms with Crippen molar-refractivity contribution in [1.82, 2.24) is 0 Å². The van der Waals surface area contributed by atoms with E-state index in [2.05, 4.69) is 0 Å². The molecule has 1 aromatic rings. The first-order chi connectivity index (χ1) is 13.9. The maximum atomic E-state index is 13.1. The fourth-order valence-corrected chi connectivity index (χ4v) is 5.36. The smallest absolute Gasteiger partial charge is 0.338 e. The molecule has 1 aliphatic carbocycles. The molecular formula is C21H28O7S. The van der Waals surface area contributed by atoms with Crippen LogP contribution in [0.15, 0.2) is 35.9 Å². The number of esters is 1. The first kappa shape index (κ1) is 22.3. The van der Waals surface area contributed by atoms with Crippen molar-refractivity contribution in [2.45, 2.75) is 55.7 Å². The lowest BCUT2D eigenvalue weighted by Gasteiger charge is -2.34. The Morgan fingerprint density at radius 3 is 2.59 bits per heavy atom. The third kappa shape index (κ3) is 5.02. The molecule has 1 aromatic carbocycles. The minimum atomic E-state index is -1.34. The van der Waals surface area contributed by atoms with Crippen molar-refractivity contribution < 1.29 is 33.8 Å². The summed E-state index contributed by atoms with van der Waals surface area (Å²) in [6, 6.07) is 7.80. The number of hydrogen-bond acceptors (Lipinski definition) is 7. The molecule has 2 N–H and O–H groups in total. The lowest BCUT2D eigenvalue weighted by Crippen LogP contribution is -2.41. The molecule has 7 nitrogen and oxygen atoms in total. The highest BCUT2D eigenvalue weighted by molar-refractivity contribution is 7.91. The van der Waals surface area contributed by atoms with E-state index in [1.165, 1.54) is 6.08 Å². The summed E-state index contributed by atoms with van der Waals surface area (Å²) in [7, 11) is 0. The fraction of sp³-hybridized carbons (Fsp3) is 0.571. The molecule has 0 radical (unpaired) electrons. The molecular weight excluding hydrogens is 396 g/mol. The number of hydrogen-bond donors (Lipinski definition) is 2. The van der Waals surface area contributed by atoms with Gasteiger partial charge in [-0.1, -0.05) is 29.8 Å². The molecule has 8 heteroatoms. The summed E-state index contributed by atoms with van der Waals surface area (Å²) in [6.07, 6.45) is 0.932. The second-order valence-electron chi connectivity index (χ2n) is 7.35. The zero-order chi connectivity index (χ0) is 21.0. The fourth-order valence-electron chi connectivity index (χ4n) is 3.82. The number of aliphatic hydroxyl groups is 2. The zero-order valence-corrected chi connectivity index (χ0v) is 17.5. The van der Waals surface area contributed by atoms with E-state index in [-0.39, 0.29) is 25.4 Å². The van der Waals surface area contributed by atoms with Gasteiger partial charge in [0, 0.05) is 18.4 Å². The van der Waals surface area contributed by atoms with Crippen molar-refractivity contribution in [2.75, 3.05) is 19.8 Å². The zero-order valence-electron chi connectivity index (χ0n) is 16.7. The Hall–Kier alpha value is -1.42. The summed E-state index contributed by atoms with van der Waals surface area (Å²) in [5, 5.41) is 18.5. The van der Waals surface area contributed by atoms with Gasteiger partial charge in [0.2, 0.25) is 0 Å². The van der Waals surface area contributed by atoms with Gasteiger partial charge in [-0.3, -0.25) is 0 Å². The average Bonchev–Trinajstić information content (AvgIpc) is 3.05. The standard InChI is InChI=1S/C21H28O7S/c1-3-26-20(24)16-10-21(27-17(11-22)18(12-23)28-21)8-7-19(16)29(25)13-15-6-4-5-14(2)9-15/h4-6,9-10,17-19,22-23H,3,7-8,11-13H2,1-2H3/t17-,18-,19?,29?/m1/s1. The van der Waals surface area contributed by atoms with Crippen LogP contribution in [0, 0.1) is 6.92 Å². The Morgan fingerprint density at radius 2 is 2.00 bits per heavy atom. The van der Waals surface area contributed by atoms with Crippen molar-refractivity contribution >= 4 is 17.1 Å². The quantitative estimate of drug-likeness (QED) is 0.503. The Kier molecular flexibility index (Phi) is 7.37. The molecule has 1 spiro atoms. The molecule has 2 aliphatic rings. The Bertz CT molecular complexity index is 738. The van der Waals surface area contributed by atoms with Gasteiger partial charge in [-0.15, -0.1) is 0 Å².